The Balaban J connectivity index is 1.63. The van der Waals surface area contributed by atoms with Crippen molar-refractivity contribution < 1.29 is 18.0 Å². The van der Waals surface area contributed by atoms with E-state index in [0.29, 0.717) is 16.4 Å². The molecule has 3 heterocycles. The fourth-order valence-corrected chi connectivity index (χ4v) is 5.71. The minimum atomic E-state index is -4.00. The van der Waals surface area contributed by atoms with E-state index < -0.39 is 28.3 Å². The van der Waals surface area contributed by atoms with Crippen molar-refractivity contribution in [1.29, 1.82) is 0 Å². The number of benzene rings is 1. The summed E-state index contributed by atoms with van der Waals surface area (Å²) in [5, 5.41) is 2.00. The third-order valence-corrected chi connectivity index (χ3v) is 7.62. The molecule has 1 amide bonds. The third-order valence-electron chi connectivity index (χ3n) is 4.97. The van der Waals surface area contributed by atoms with Gasteiger partial charge in [0.25, 0.3) is 15.9 Å². The number of carbonyl (C=O) groups excluding carboxylic acids is 2. The molecule has 1 aliphatic rings. The second-order valence-corrected chi connectivity index (χ2v) is 9.55. The fourth-order valence-electron chi connectivity index (χ4n) is 3.49. The van der Waals surface area contributed by atoms with Crippen LogP contribution in [0.25, 0.3) is 0 Å². The van der Waals surface area contributed by atoms with Crippen LogP contribution in [0.15, 0.2) is 52.7 Å². The Kier molecular flexibility index (Phi) is 4.47. The first kappa shape index (κ1) is 18.6. The number of hydrogen-bond acceptors (Lipinski definition) is 5. The molecular formula is C20H18N2O4S2. The summed E-state index contributed by atoms with van der Waals surface area (Å²) in [6, 6.07) is 11.8. The number of aromatic nitrogens is 1. The van der Waals surface area contributed by atoms with Crippen molar-refractivity contribution in [3.8, 4) is 0 Å². The normalized spacial score (nSPS) is 15.1. The summed E-state index contributed by atoms with van der Waals surface area (Å²) in [6.07, 6.45) is 0. The van der Waals surface area contributed by atoms with Crippen molar-refractivity contribution in [2.75, 3.05) is 6.54 Å². The maximum Gasteiger partial charge on any atom is 0.269 e. The van der Waals surface area contributed by atoms with Gasteiger partial charge in [0.1, 0.15) is 11.4 Å². The van der Waals surface area contributed by atoms with Gasteiger partial charge in [-0.1, -0.05) is 18.2 Å². The van der Waals surface area contributed by atoms with Gasteiger partial charge in [-0.2, -0.15) is 0 Å². The molecule has 28 heavy (non-hydrogen) atoms. The van der Waals surface area contributed by atoms with Crippen LogP contribution in [0.2, 0.25) is 0 Å². The van der Waals surface area contributed by atoms with Crippen molar-refractivity contribution in [2.45, 2.75) is 25.3 Å². The highest BCUT2D eigenvalue weighted by Gasteiger charge is 2.42. The van der Waals surface area contributed by atoms with Crippen LogP contribution >= 0.6 is 11.3 Å². The second kappa shape index (κ2) is 6.72. The van der Waals surface area contributed by atoms with Crippen LogP contribution in [0.1, 0.15) is 37.0 Å². The Bertz CT molecular complexity index is 1190. The topological polar surface area (TPSA) is 76.5 Å². The maximum absolute atomic E-state index is 12.9. The van der Waals surface area contributed by atoms with Crippen molar-refractivity contribution in [3.05, 3.63) is 75.2 Å². The quantitative estimate of drug-likeness (QED) is 0.601. The summed E-state index contributed by atoms with van der Waals surface area (Å²) in [4.78, 5) is 26.6. The monoisotopic (exact) mass is 414 g/mol. The molecule has 0 N–H and O–H groups in total. The van der Waals surface area contributed by atoms with Crippen LogP contribution < -0.4 is 0 Å². The number of rotatable bonds is 5. The number of fused-ring (bicyclic) bond motifs is 1. The summed E-state index contributed by atoms with van der Waals surface area (Å²) in [6.45, 7) is 3.89. The molecular weight excluding hydrogens is 396 g/mol. The molecule has 4 rings (SSSR count). The molecule has 0 unspecified atom stereocenters. The van der Waals surface area contributed by atoms with E-state index in [4.69, 9.17) is 0 Å². The number of amides is 1. The van der Waals surface area contributed by atoms with Crippen LogP contribution in [-0.2, 0) is 16.6 Å². The van der Waals surface area contributed by atoms with Gasteiger partial charge in [-0.15, -0.1) is 11.3 Å². The predicted octanol–water partition coefficient (Wildman–Crippen LogP) is 3.24. The largest absolute Gasteiger partial charge is 0.343 e. The third kappa shape index (κ3) is 2.89. The van der Waals surface area contributed by atoms with E-state index in [-0.39, 0.29) is 10.5 Å². The number of carbonyl (C=O) groups is 2. The average Bonchev–Trinajstić information content (AvgIpc) is 3.33. The number of aryl methyl sites for hydroxylation is 1. The van der Waals surface area contributed by atoms with Crippen LogP contribution in [-0.4, -0.2) is 35.5 Å². The van der Waals surface area contributed by atoms with Gasteiger partial charge in [0, 0.05) is 21.8 Å². The molecule has 0 spiro atoms. The van der Waals surface area contributed by atoms with Crippen LogP contribution in [0.3, 0.4) is 0 Å². The first-order valence-corrected chi connectivity index (χ1v) is 11.0. The minimum absolute atomic E-state index is 0.0454. The van der Waals surface area contributed by atoms with Gasteiger partial charge >= 0.3 is 0 Å². The lowest BCUT2D eigenvalue weighted by atomic mass is 10.1. The van der Waals surface area contributed by atoms with Crippen molar-refractivity contribution in [3.63, 3.8) is 0 Å². The van der Waals surface area contributed by atoms with E-state index in [9.17, 15) is 18.0 Å². The maximum atomic E-state index is 12.9. The van der Waals surface area contributed by atoms with Gasteiger partial charge in [0.15, 0.2) is 5.78 Å². The SMILES string of the molecule is Cc1cc(C(=O)CN2C(=O)c3ccccc3S2(=O)=O)c(C)n1Cc1cccs1. The molecule has 2 aromatic heterocycles. The highest BCUT2D eigenvalue weighted by Crippen LogP contribution is 2.30. The molecule has 3 aromatic rings. The average molecular weight is 415 g/mol. The Hall–Kier alpha value is -2.71. The molecule has 0 aliphatic carbocycles. The highest BCUT2D eigenvalue weighted by atomic mass is 32.2. The summed E-state index contributed by atoms with van der Waals surface area (Å²) < 4.78 is 28.1. The van der Waals surface area contributed by atoms with Crippen molar-refractivity contribution in [2.24, 2.45) is 0 Å². The number of hydrogen-bond donors (Lipinski definition) is 0. The molecule has 0 saturated carbocycles. The number of thiophene rings is 1. The first-order chi connectivity index (χ1) is 13.3. The number of Topliss-reactive ketones (excluding diaryl/α,β-unsaturated/α-hetero) is 1. The van der Waals surface area contributed by atoms with E-state index >= 15 is 0 Å². The zero-order valence-corrected chi connectivity index (χ0v) is 17.0. The molecule has 1 aliphatic heterocycles. The minimum Gasteiger partial charge on any atom is -0.343 e. The molecule has 0 bridgehead atoms. The lowest BCUT2D eigenvalue weighted by Crippen LogP contribution is -2.35. The van der Waals surface area contributed by atoms with Gasteiger partial charge in [-0.25, -0.2) is 12.7 Å². The standard InChI is InChI=1S/C20H18N2O4S2/c1-13-10-17(14(2)21(13)11-15-6-5-9-27-15)18(23)12-22-20(24)16-7-3-4-8-19(16)28(22,25)26/h3-10H,11-12H2,1-2H3. The highest BCUT2D eigenvalue weighted by molar-refractivity contribution is 7.90. The molecule has 0 atom stereocenters. The molecule has 144 valence electrons. The van der Waals surface area contributed by atoms with Crippen LogP contribution in [0.5, 0.6) is 0 Å². The first-order valence-electron chi connectivity index (χ1n) is 8.69. The zero-order chi connectivity index (χ0) is 20.1. The van der Waals surface area contributed by atoms with E-state index in [1.54, 1.807) is 29.5 Å². The second-order valence-electron chi connectivity index (χ2n) is 6.69. The van der Waals surface area contributed by atoms with Crippen molar-refractivity contribution in [1.82, 2.24) is 8.87 Å². The number of ketones is 1. The fraction of sp³-hybridized carbons (Fsp3) is 0.200. The molecule has 0 fully saturated rings. The Labute approximate surface area is 167 Å². The van der Waals surface area contributed by atoms with E-state index in [1.807, 2.05) is 35.9 Å². The van der Waals surface area contributed by atoms with Crippen molar-refractivity contribution >= 4 is 33.1 Å². The Morgan fingerprint density at radius 3 is 2.54 bits per heavy atom. The summed E-state index contributed by atoms with van der Waals surface area (Å²) in [7, 11) is -4.00. The van der Waals surface area contributed by atoms with Crippen LogP contribution in [0, 0.1) is 13.8 Å². The van der Waals surface area contributed by atoms with Gasteiger partial charge in [-0.3, -0.25) is 9.59 Å². The molecule has 1 aromatic carbocycles. The zero-order valence-electron chi connectivity index (χ0n) is 15.4. The van der Waals surface area contributed by atoms with Gasteiger partial charge in [0.2, 0.25) is 0 Å². The van der Waals surface area contributed by atoms with Gasteiger partial charge < -0.3 is 4.57 Å². The summed E-state index contributed by atoms with van der Waals surface area (Å²) in [5.74, 6) is -1.05. The predicted molar refractivity (Wildman–Crippen MR) is 106 cm³/mol. The molecule has 6 nitrogen and oxygen atoms in total. The number of nitrogens with zero attached hydrogens (tertiary/aromatic N) is 2. The lowest BCUT2D eigenvalue weighted by molar-refractivity contribution is 0.0820. The molecule has 0 saturated heterocycles. The Morgan fingerprint density at radius 2 is 1.86 bits per heavy atom. The smallest absolute Gasteiger partial charge is 0.269 e. The summed E-state index contributed by atoms with van der Waals surface area (Å²) >= 11 is 1.63. The Morgan fingerprint density at radius 1 is 1.11 bits per heavy atom. The van der Waals surface area contributed by atoms with Crippen LogP contribution in [0.4, 0.5) is 0 Å². The number of sulfonamides is 1. The van der Waals surface area contributed by atoms with Gasteiger partial charge in [-0.05, 0) is 43.5 Å². The summed E-state index contributed by atoms with van der Waals surface area (Å²) in [5.41, 5.74) is 2.22. The molecule has 8 heteroatoms. The molecule has 0 radical (unpaired) electrons. The van der Waals surface area contributed by atoms with E-state index in [0.717, 1.165) is 16.3 Å². The van der Waals surface area contributed by atoms with E-state index in [2.05, 4.69) is 0 Å². The lowest BCUT2D eigenvalue weighted by Gasteiger charge is -2.14. The van der Waals surface area contributed by atoms with Gasteiger partial charge in [0.05, 0.1) is 12.1 Å². The van der Waals surface area contributed by atoms with E-state index in [1.165, 1.54) is 12.1 Å².